The number of halogens is 1. The van der Waals surface area contributed by atoms with Crippen molar-refractivity contribution >= 4 is 11.6 Å². The predicted octanol–water partition coefficient (Wildman–Crippen LogP) is 2.50. The molecule has 2 aliphatic rings. The molecule has 20 heavy (non-hydrogen) atoms. The second-order valence-corrected chi connectivity index (χ2v) is 5.90. The Morgan fingerprint density at radius 3 is 3.10 bits per heavy atom. The number of nitrogens with one attached hydrogen (secondary N) is 1. The lowest BCUT2D eigenvalue weighted by Gasteiger charge is -2.14. The van der Waals surface area contributed by atoms with Crippen LogP contribution in [0.25, 0.3) is 0 Å². The number of fused-ring (bicyclic) bond motifs is 1. The Kier molecular flexibility index (Phi) is 4.34. The Balaban J connectivity index is 1.51. The highest BCUT2D eigenvalue weighted by Gasteiger charge is 2.21. The highest BCUT2D eigenvalue weighted by Crippen LogP contribution is 2.39. The first-order chi connectivity index (χ1) is 9.76. The van der Waals surface area contributed by atoms with Crippen LogP contribution in [0.4, 0.5) is 0 Å². The number of rotatable bonds is 5. The van der Waals surface area contributed by atoms with Gasteiger partial charge in [0.15, 0.2) is 11.5 Å². The Bertz CT molecular complexity index is 481. The number of hydrogen-bond acceptors (Lipinski definition) is 4. The molecule has 0 spiro atoms. The van der Waals surface area contributed by atoms with Gasteiger partial charge in [-0.05, 0) is 49.7 Å². The molecule has 1 atom stereocenters. The summed E-state index contributed by atoms with van der Waals surface area (Å²) in [4.78, 5) is 2.50. The van der Waals surface area contributed by atoms with Crippen molar-refractivity contribution in [2.45, 2.75) is 19.9 Å². The lowest BCUT2D eigenvalue weighted by molar-refractivity contribution is 0.174. The molecule has 0 aromatic heterocycles. The zero-order valence-electron chi connectivity index (χ0n) is 11.8. The van der Waals surface area contributed by atoms with Gasteiger partial charge in [-0.3, -0.25) is 0 Å². The van der Waals surface area contributed by atoms with Crippen molar-refractivity contribution in [3.63, 3.8) is 0 Å². The van der Waals surface area contributed by atoms with E-state index in [9.17, 15) is 0 Å². The van der Waals surface area contributed by atoms with Gasteiger partial charge in [-0.15, -0.1) is 0 Å². The molecular weight excluding hydrogens is 276 g/mol. The maximum absolute atomic E-state index is 6.18. The maximum Gasteiger partial charge on any atom is 0.231 e. The van der Waals surface area contributed by atoms with Crippen LogP contribution in [0.3, 0.4) is 0 Å². The lowest BCUT2D eigenvalue weighted by atomic mass is 10.1. The Morgan fingerprint density at radius 1 is 1.40 bits per heavy atom. The lowest BCUT2D eigenvalue weighted by Crippen LogP contribution is -2.26. The van der Waals surface area contributed by atoms with E-state index in [-0.39, 0.29) is 6.79 Å². The second kappa shape index (κ2) is 6.20. The highest BCUT2D eigenvalue weighted by atomic mass is 35.5. The molecule has 1 N–H and O–H groups in total. The summed E-state index contributed by atoms with van der Waals surface area (Å²) < 4.78 is 10.7. The summed E-state index contributed by atoms with van der Waals surface area (Å²) in [7, 11) is 0. The smallest absolute Gasteiger partial charge is 0.231 e. The van der Waals surface area contributed by atoms with Crippen LogP contribution in [0.15, 0.2) is 12.1 Å². The Hall–Kier alpha value is -0.970. The van der Waals surface area contributed by atoms with E-state index in [0.717, 1.165) is 36.9 Å². The van der Waals surface area contributed by atoms with Crippen molar-refractivity contribution in [1.29, 1.82) is 0 Å². The van der Waals surface area contributed by atoms with Crippen molar-refractivity contribution in [2.24, 2.45) is 5.92 Å². The monoisotopic (exact) mass is 296 g/mol. The van der Waals surface area contributed by atoms with Crippen molar-refractivity contribution in [1.82, 2.24) is 10.2 Å². The number of hydrogen-bond donors (Lipinski definition) is 1. The highest BCUT2D eigenvalue weighted by molar-refractivity contribution is 6.32. The summed E-state index contributed by atoms with van der Waals surface area (Å²) in [6.07, 6.45) is 1.29. The molecule has 0 saturated carbocycles. The van der Waals surface area contributed by atoms with Crippen LogP contribution in [0.2, 0.25) is 5.02 Å². The summed E-state index contributed by atoms with van der Waals surface area (Å²) in [5.74, 6) is 2.19. The van der Waals surface area contributed by atoms with Crippen LogP contribution < -0.4 is 14.8 Å². The Morgan fingerprint density at radius 2 is 2.30 bits per heavy atom. The van der Waals surface area contributed by atoms with Gasteiger partial charge in [-0.1, -0.05) is 18.5 Å². The molecule has 110 valence electrons. The standard InChI is InChI=1S/C15H21ClN2O2/c1-2-18-4-3-11(9-18)7-17-8-12-5-13(16)15-14(6-12)19-10-20-15/h5-6,11,17H,2-4,7-10H2,1H3. The van der Waals surface area contributed by atoms with Crippen molar-refractivity contribution in [3.8, 4) is 11.5 Å². The molecule has 0 radical (unpaired) electrons. The number of benzene rings is 1. The van der Waals surface area contributed by atoms with Gasteiger partial charge in [0.2, 0.25) is 6.79 Å². The van der Waals surface area contributed by atoms with Crippen LogP contribution in [0.1, 0.15) is 18.9 Å². The van der Waals surface area contributed by atoms with E-state index >= 15 is 0 Å². The molecule has 0 aliphatic carbocycles. The molecule has 1 saturated heterocycles. The molecular formula is C15H21ClN2O2. The number of nitrogens with zero attached hydrogens (tertiary/aromatic N) is 1. The van der Waals surface area contributed by atoms with E-state index in [1.54, 1.807) is 0 Å². The number of ether oxygens (including phenoxy) is 2. The molecule has 1 aromatic rings. The van der Waals surface area contributed by atoms with Crippen molar-refractivity contribution < 1.29 is 9.47 Å². The third kappa shape index (κ3) is 3.03. The van der Waals surface area contributed by atoms with E-state index in [1.807, 2.05) is 12.1 Å². The average molecular weight is 297 g/mol. The van der Waals surface area contributed by atoms with Gasteiger partial charge in [-0.25, -0.2) is 0 Å². The van der Waals surface area contributed by atoms with Gasteiger partial charge in [0.25, 0.3) is 0 Å². The molecule has 3 rings (SSSR count). The summed E-state index contributed by atoms with van der Waals surface area (Å²) in [6, 6.07) is 3.96. The fourth-order valence-electron chi connectivity index (χ4n) is 2.91. The number of likely N-dealkylation sites (tertiary alicyclic amines) is 1. The first-order valence-corrected chi connectivity index (χ1v) is 7.65. The van der Waals surface area contributed by atoms with Gasteiger partial charge in [0, 0.05) is 13.1 Å². The van der Waals surface area contributed by atoms with Crippen molar-refractivity contribution in [2.75, 3.05) is 33.0 Å². The topological polar surface area (TPSA) is 33.7 Å². The quantitative estimate of drug-likeness (QED) is 0.905. The van der Waals surface area contributed by atoms with E-state index in [1.165, 1.54) is 19.5 Å². The zero-order valence-corrected chi connectivity index (χ0v) is 12.6. The molecule has 2 heterocycles. The summed E-state index contributed by atoms with van der Waals surface area (Å²) >= 11 is 6.18. The third-order valence-corrected chi connectivity index (χ3v) is 4.35. The molecule has 4 nitrogen and oxygen atoms in total. The molecule has 0 bridgehead atoms. The van der Waals surface area contributed by atoms with Crippen LogP contribution in [-0.4, -0.2) is 37.9 Å². The van der Waals surface area contributed by atoms with Gasteiger partial charge in [0.05, 0.1) is 5.02 Å². The SMILES string of the molecule is CCN1CCC(CNCc2cc(Cl)c3c(c2)OCO3)C1. The molecule has 2 aliphatic heterocycles. The normalized spacial score (nSPS) is 21.6. The average Bonchev–Trinajstić information content (AvgIpc) is 3.07. The van der Waals surface area contributed by atoms with E-state index in [2.05, 4.69) is 17.1 Å². The van der Waals surface area contributed by atoms with Crippen LogP contribution >= 0.6 is 11.6 Å². The molecule has 0 amide bonds. The fourth-order valence-corrected chi connectivity index (χ4v) is 3.20. The Labute approximate surface area is 125 Å². The second-order valence-electron chi connectivity index (χ2n) is 5.49. The van der Waals surface area contributed by atoms with E-state index in [0.29, 0.717) is 10.8 Å². The summed E-state index contributed by atoms with van der Waals surface area (Å²) in [6.45, 7) is 7.98. The fraction of sp³-hybridized carbons (Fsp3) is 0.600. The van der Waals surface area contributed by atoms with Gasteiger partial charge >= 0.3 is 0 Å². The predicted molar refractivity (Wildman–Crippen MR) is 79.5 cm³/mol. The zero-order chi connectivity index (χ0) is 13.9. The van der Waals surface area contributed by atoms with Crippen LogP contribution in [-0.2, 0) is 6.54 Å². The largest absolute Gasteiger partial charge is 0.454 e. The molecule has 1 aromatic carbocycles. The van der Waals surface area contributed by atoms with Gasteiger partial charge in [-0.2, -0.15) is 0 Å². The van der Waals surface area contributed by atoms with Crippen molar-refractivity contribution in [3.05, 3.63) is 22.7 Å². The van der Waals surface area contributed by atoms with Gasteiger partial charge in [0.1, 0.15) is 0 Å². The third-order valence-electron chi connectivity index (χ3n) is 4.07. The van der Waals surface area contributed by atoms with E-state index < -0.39 is 0 Å². The van der Waals surface area contributed by atoms with Crippen LogP contribution in [0.5, 0.6) is 11.5 Å². The van der Waals surface area contributed by atoms with Crippen LogP contribution in [0, 0.1) is 5.92 Å². The summed E-state index contributed by atoms with van der Waals surface area (Å²) in [5, 5.41) is 4.16. The minimum Gasteiger partial charge on any atom is -0.454 e. The minimum absolute atomic E-state index is 0.265. The molecule has 5 heteroatoms. The first-order valence-electron chi connectivity index (χ1n) is 7.27. The molecule has 1 fully saturated rings. The first kappa shape index (κ1) is 14.0. The summed E-state index contributed by atoms with van der Waals surface area (Å²) in [5.41, 5.74) is 1.14. The molecule has 1 unspecified atom stereocenters. The minimum atomic E-state index is 0.265. The van der Waals surface area contributed by atoms with Gasteiger partial charge < -0.3 is 19.7 Å². The van der Waals surface area contributed by atoms with E-state index in [4.69, 9.17) is 21.1 Å². The maximum atomic E-state index is 6.18.